The maximum atomic E-state index is 12.0. The van der Waals surface area contributed by atoms with Crippen molar-refractivity contribution in [2.24, 2.45) is 5.92 Å². The van der Waals surface area contributed by atoms with E-state index >= 15 is 0 Å². The lowest BCUT2D eigenvalue weighted by atomic mass is 9.99. The van der Waals surface area contributed by atoms with Crippen LogP contribution in [0.25, 0.3) is 0 Å². The van der Waals surface area contributed by atoms with E-state index in [1.165, 1.54) is 14.0 Å². The van der Waals surface area contributed by atoms with Gasteiger partial charge in [0, 0.05) is 13.1 Å². The molecule has 0 spiro atoms. The Labute approximate surface area is 111 Å². The number of carbonyl (C=O) groups is 2. The van der Waals surface area contributed by atoms with Gasteiger partial charge in [0.2, 0.25) is 0 Å². The predicted octanol–water partition coefficient (Wildman–Crippen LogP) is -0.821. The van der Waals surface area contributed by atoms with E-state index < -0.39 is 34.1 Å². The molecule has 0 amide bonds. The van der Waals surface area contributed by atoms with E-state index in [4.69, 9.17) is 5.11 Å². The molecule has 1 heterocycles. The van der Waals surface area contributed by atoms with Crippen molar-refractivity contribution < 1.29 is 27.9 Å². The van der Waals surface area contributed by atoms with Gasteiger partial charge in [-0.1, -0.05) is 0 Å². The molecule has 9 heteroatoms. The Morgan fingerprint density at radius 2 is 1.89 bits per heavy atom. The average molecular weight is 294 g/mol. The fourth-order valence-electron chi connectivity index (χ4n) is 1.87. The number of rotatable bonds is 5. The van der Waals surface area contributed by atoms with E-state index in [9.17, 15) is 18.0 Å². The molecule has 0 saturated carbocycles. The number of nitrogens with one attached hydrogen (secondary N) is 1. The summed E-state index contributed by atoms with van der Waals surface area (Å²) < 4.78 is 31.7. The van der Waals surface area contributed by atoms with Crippen LogP contribution in [0.4, 0.5) is 0 Å². The summed E-state index contributed by atoms with van der Waals surface area (Å²) in [6.07, 6.45) is 0.533. The van der Waals surface area contributed by atoms with Gasteiger partial charge in [-0.15, -0.1) is 0 Å². The van der Waals surface area contributed by atoms with Crippen LogP contribution < -0.4 is 4.72 Å². The maximum Gasteiger partial charge on any atom is 0.323 e. The van der Waals surface area contributed by atoms with Crippen LogP contribution in [0.5, 0.6) is 0 Å². The third-order valence-corrected chi connectivity index (χ3v) is 4.72. The van der Waals surface area contributed by atoms with Gasteiger partial charge in [0.25, 0.3) is 10.2 Å². The molecular weight excluding hydrogens is 276 g/mol. The monoisotopic (exact) mass is 294 g/mol. The molecule has 0 bridgehead atoms. The molecule has 0 aromatic carbocycles. The van der Waals surface area contributed by atoms with Crippen LogP contribution in [0, 0.1) is 5.92 Å². The second-order valence-corrected chi connectivity index (χ2v) is 6.08. The number of ether oxygens (including phenoxy) is 1. The summed E-state index contributed by atoms with van der Waals surface area (Å²) in [7, 11) is -2.63. The van der Waals surface area contributed by atoms with Crippen LogP contribution in [0.1, 0.15) is 19.8 Å². The summed E-state index contributed by atoms with van der Waals surface area (Å²) in [5.74, 6) is -2.10. The number of nitrogens with zero attached hydrogens (tertiary/aromatic N) is 1. The summed E-state index contributed by atoms with van der Waals surface area (Å²) in [5, 5.41) is 8.83. The van der Waals surface area contributed by atoms with Crippen molar-refractivity contribution in [1.82, 2.24) is 9.03 Å². The Hall–Kier alpha value is -1.19. The van der Waals surface area contributed by atoms with E-state index in [0.29, 0.717) is 0 Å². The molecule has 1 atom stereocenters. The summed E-state index contributed by atoms with van der Waals surface area (Å²) in [6.45, 7) is 1.63. The van der Waals surface area contributed by atoms with E-state index in [0.717, 1.165) is 4.31 Å². The van der Waals surface area contributed by atoms with Crippen molar-refractivity contribution in [2.75, 3.05) is 20.2 Å². The van der Waals surface area contributed by atoms with Crippen LogP contribution in [-0.4, -0.2) is 56.0 Å². The van der Waals surface area contributed by atoms with Crippen LogP contribution in [0.2, 0.25) is 0 Å². The van der Waals surface area contributed by atoms with Gasteiger partial charge in [-0.05, 0) is 19.8 Å². The van der Waals surface area contributed by atoms with Crippen LogP contribution in [0.3, 0.4) is 0 Å². The van der Waals surface area contributed by atoms with Gasteiger partial charge in [-0.2, -0.15) is 17.4 Å². The molecule has 1 rings (SSSR count). The Bertz CT molecular complexity index is 441. The number of piperidine rings is 1. The Morgan fingerprint density at radius 3 is 2.32 bits per heavy atom. The zero-order valence-electron chi connectivity index (χ0n) is 10.8. The Morgan fingerprint density at radius 1 is 1.37 bits per heavy atom. The van der Waals surface area contributed by atoms with E-state index in [2.05, 4.69) is 9.46 Å². The van der Waals surface area contributed by atoms with E-state index in [1.807, 2.05) is 0 Å². The van der Waals surface area contributed by atoms with Crippen molar-refractivity contribution in [2.45, 2.75) is 25.8 Å². The van der Waals surface area contributed by atoms with Gasteiger partial charge >= 0.3 is 11.9 Å². The highest BCUT2D eigenvalue weighted by Crippen LogP contribution is 2.19. The summed E-state index contributed by atoms with van der Waals surface area (Å²) in [5.41, 5.74) is 0. The molecule has 0 aliphatic carbocycles. The maximum absolute atomic E-state index is 12.0. The first-order chi connectivity index (χ1) is 8.77. The van der Waals surface area contributed by atoms with Gasteiger partial charge < -0.3 is 9.84 Å². The molecular formula is C10H18N2O6S. The largest absolute Gasteiger partial charge is 0.481 e. The number of carboxylic acids is 1. The van der Waals surface area contributed by atoms with Crippen molar-refractivity contribution in [3.8, 4) is 0 Å². The molecule has 0 aromatic heterocycles. The van der Waals surface area contributed by atoms with Crippen molar-refractivity contribution in [1.29, 1.82) is 0 Å². The number of carboxylic acid groups (broad SMARTS) is 1. The second-order valence-electron chi connectivity index (χ2n) is 4.38. The first-order valence-electron chi connectivity index (χ1n) is 5.86. The highest BCUT2D eigenvalue weighted by Gasteiger charge is 2.32. The molecule has 1 aliphatic rings. The van der Waals surface area contributed by atoms with Crippen LogP contribution >= 0.6 is 0 Å². The fourth-order valence-corrected chi connectivity index (χ4v) is 3.25. The van der Waals surface area contributed by atoms with Crippen molar-refractivity contribution in [3.05, 3.63) is 0 Å². The van der Waals surface area contributed by atoms with Crippen molar-refractivity contribution in [3.63, 3.8) is 0 Å². The Balaban J connectivity index is 2.60. The topological polar surface area (TPSA) is 113 Å². The van der Waals surface area contributed by atoms with Gasteiger partial charge in [0.15, 0.2) is 0 Å². The number of carbonyl (C=O) groups excluding carboxylic acids is 1. The minimum absolute atomic E-state index is 0.125. The summed E-state index contributed by atoms with van der Waals surface area (Å²) in [4.78, 5) is 21.9. The van der Waals surface area contributed by atoms with Gasteiger partial charge in [-0.3, -0.25) is 9.59 Å². The average Bonchev–Trinajstić information content (AvgIpc) is 2.37. The standard InChI is InChI=1S/C10H18N2O6S/c1-7(10(15)18-2)11-19(16,17)12-5-3-8(4-6-12)9(13)14/h7-8,11H,3-6H2,1-2H3,(H,13,14). The molecule has 2 N–H and O–H groups in total. The SMILES string of the molecule is COC(=O)C(C)NS(=O)(=O)N1CCC(C(=O)O)CC1. The predicted molar refractivity (Wildman–Crippen MR) is 65.5 cm³/mol. The molecule has 1 aliphatic heterocycles. The minimum atomic E-state index is -3.80. The zero-order chi connectivity index (χ0) is 14.6. The van der Waals surface area contributed by atoms with Crippen LogP contribution in [-0.2, 0) is 24.5 Å². The smallest absolute Gasteiger partial charge is 0.323 e. The highest BCUT2D eigenvalue weighted by molar-refractivity contribution is 7.87. The lowest BCUT2D eigenvalue weighted by Gasteiger charge is -2.29. The second kappa shape index (κ2) is 6.31. The molecule has 0 radical (unpaired) electrons. The van der Waals surface area contributed by atoms with Gasteiger partial charge in [-0.25, -0.2) is 0 Å². The number of esters is 1. The normalized spacial score (nSPS) is 19.9. The number of aliphatic carboxylic acids is 1. The molecule has 19 heavy (non-hydrogen) atoms. The summed E-state index contributed by atoms with van der Waals surface area (Å²) >= 11 is 0. The Kier molecular flexibility index (Phi) is 5.27. The quantitative estimate of drug-likeness (QED) is 0.640. The first kappa shape index (κ1) is 15.9. The van der Waals surface area contributed by atoms with Crippen LogP contribution in [0.15, 0.2) is 0 Å². The molecule has 1 saturated heterocycles. The van der Waals surface area contributed by atoms with Gasteiger partial charge in [0.1, 0.15) is 6.04 Å². The first-order valence-corrected chi connectivity index (χ1v) is 7.30. The highest BCUT2D eigenvalue weighted by atomic mass is 32.2. The summed E-state index contributed by atoms with van der Waals surface area (Å²) in [6, 6.07) is -0.979. The molecule has 1 fully saturated rings. The third kappa shape index (κ3) is 4.15. The fraction of sp³-hybridized carbons (Fsp3) is 0.800. The number of hydrogen-bond donors (Lipinski definition) is 2. The molecule has 1 unspecified atom stereocenters. The van der Waals surface area contributed by atoms with E-state index in [1.54, 1.807) is 0 Å². The van der Waals surface area contributed by atoms with Gasteiger partial charge in [0.05, 0.1) is 13.0 Å². The lowest BCUT2D eigenvalue weighted by Crippen LogP contribution is -2.50. The third-order valence-electron chi connectivity index (χ3n) is 3.02. The lowest BCUT2D eigenvalue weighted by molar-refractivity contribution is -0.143. The van der Waals surface area contributed by atoms with Crippen molar-refractivity contribution >= 4 is 22.1 Å². The zero-order valence-corrected chi connectivity index (χ0v) is 11.6. The molecule has 110 valence electrons. The molecule has 0 aromatic rings. The molecule has 8 nitrogen and oxygen atoms in total. The minimum Gasteiger partial charge on any atom is -0.481 e. The number of hydrogen-bond acceptors (Lipinski definition) is 5. The van der Waals surface area contributed by atoms with E-state index in [-0.39, 0.29) is 25.9 Å². The number of methoxy groups -OCH3 is 1.